The van der Waals surface area contributed by atoms with Gasteiger partial charge in [0.15, 0.2) is 0 Å². The second-order valence-corrected chi connectivity index (χ2v) is 8.90. The number of nitrogens with one attached hydrogen (secondary N) is 1. The molecule has 1 saturated heterocycles. The Morgan fingerprint density at radius 1 is 1.13 bits per heavy atom. The highest BCUT2D eigenvalue weighted by atomic mass is 35.5. The number of anilines is 1. The van der Waals surface area contributed by atoms with Crippen molar-refractivity contribution >= 4 is 75.1 Å². The predicted octanol–water partition coefficient (Wildman–Crippen LogP) is 6.17. The van der Waals surface area contributed by atoms with Gasteiger partial charge in [0.2, 0.25) is 5.91 Å². The second-order valence-electron chi connectivity index (χ2n) is 6.41. The van der Waals surface area contributed by atoms with Gasteiger partial charge in [-0.2, -0.15) is 0 Å². The number of benzene rings is 2. The normalized spacial score (nSPS) is 15.4. The Labute approximate surface area is 194 Å². The number of thiocarbonyl (C=S) groups is 1. The SMILES string of the molecule is O=C(CCCN1C(=O)C(=CC=Cc2ccccc2)SC1=S)Nc1ccc(Cl)c(Cl)c1. The van der Waals surface area contributed by atoms with Gasteiger partial charge in [-0.25, -0.2) is 0 Å². The topological polar surface area (TPSA) is 49.4 Å². The van der Waals surface area contributed by atoms with Crippen molar-refractivity contribution in [1.82, 2.24) is 4.90 Å². The van der Waals surface area contributed by atoms with E-state index in [1.165, 1.54) is 16.7 Å². The minimum Gasteiger partial charge on any atom is -0.326 e. The summed E-state index contributed by atoms with van der Waals surface area (Å²) in [6.07, 6.45) is 6.28. The molecule has 1 N–H and O–H groups in total. The highest BCUT2D eigenvalue weighted by Crippen LogP contribution is 2.31. The van der Waals surface area contributed by atoms with Crippen LogP contribution < -0.4 is 5.32 Å². The van der Waals surface area contributed by atoms with Crippen molar-refractivity contribution in [2.75, 3.05) is 11.9 Å². The Morgan fingerprint density at radius 3 is 2.63 bits per heavy atom. The molecule has 2 aromatic carbocycles. The van der Waals surface area contributed by atoms with E-state index in [0.29, 0.717) is 37.9 Å². The molecule has 30 heavy (non-hydrogen) atoms. The molecule has 0 aliphatic carbocycles. The van der Waals surface area contributed by atoms with Crippen LogP contribution in [0.15, 0.2) is 65.6 Å². The van der Waals surface area contributed by atoms with Gasteiger partial charge >= 0.3 is 0 Å². The van der Waals surface area contributed by atoms with Crippen molar-refractivity contribution in [2.24, 2.45) is 0 Å². The van der Waals surface area contributed by atoms with E-state index in [2.05, 4.69) is 5.32 Å². The summed E-state index contributed by atoms with van der Waals surface area (Å²) in [5.74, 6) is -0.298. The number of hydrogen-bond acceptors (Lipinski definition) is 4. The number of hydrogen-bond donors (Lipinski definition) is 1. The van der Waals surface area contributed by atoms with Crippen LogP contribution in [-0.2, 0) is 9.59 Å². The maximum Gasteiger partial charge on any atom is 0.266 e. The summed E-state index contributed by atoms with van der Waals surface area (Å²) in [5.41, 5.74) is 1.63. The first kappa shape index (κ1) is 22.6. The van der Waals surface area contributed by atoms with E-state index in [0.717, 1.165) is 5.56 Å². The molecule has 0 bridgehead atoms. The van der Waals surface area contributed by atoms with Crippen LogP contribution in [-0.4, -0.2) is 27.6 Å². The van der Waals surface area contributed by atoms with Crippen molar-refractivity contribution in [1.29, 1.82) is 0 Å². The summed E-state index contributed by atoms with van der Waals surface area (Å²) in [4.78, 5) is 26.8. The molecule has 0 aromatic heterocycles. The van der Waals surface area contributed by atoms with Crippen molar-refractivity contribution in [2.45, 2.75) is 12.8 Å². The molecule has 0 saturated carbocycles. The number of nitrogens with zero attached hydrogens (tertiary/aromatic N) is 1. The molecule has 1 fully saturated rings. The van der Waals surface area contributed by atoms with Crippen LogP contribution in [0, 0.1) is 0 Å². The van der Waals surface area contributed by atoms with E-state index in [4.69, 9.17) is 35.4 Å². The Hall–Kier alpha value is -2.12. The van der Waals surface area contributed by atoms with Gasteiger partial charge in [0.05, 0.1) is 15.0 Å². The second kappa shape index (κ2) is 10.8. The summed E-state index contributed by atoms with van der Waals surface area (Å²) >= 11 is 18.4. The standard InChI is InChI=1S/C22H18Cl2N2O2S2/c23-17-12-11-16(14-18(17)24)25-20(27)10-5-13-26-21(28)19(30-22(26)29)9-4-8-15-6-2-1-3-7-15/h1-4,6-9,11-12,14H,5,10,13H2,(H,25,27). The lowest BCUT2D eigenvalue weighted by Gasteiger charge is -2.14. The van der Waals surface area contributed by atoms with Crippen molar-refractivity contribution in [3.63, 3.8) is 0 Å². The van der Waals surface area contributed by atoms with Crippen LogP contribution >= 0.6 is 47.2 Å². The quantitative estimate of drug-likeness (QED) is 0.383. The molecule has 1 heterocycles. The molecule has 8 heteroatoms. The van der Waals surface area contributed by atoms with Gasteiger partial charge in [0.25, 0.3) is 5.91 Å². The Morgan fingerprint density at radius 2 is 1.90 bits per heavy atom. The minimum atomic E-state index is -0.167. The fourth-order valence-electron chi connectivity index (χ4n) is 2.71. The first-order chi connectivity index (χ1) is 14.4. The van der Waals surface area contributed by atoms with Crippen LogP contribution in [0.5, 0.6) is 0 Å². The number of allylic oxidation sites excluding steroid dienone is 2. The molecule has 0 spiro atoms. The summed E-state index contributed by atoms with van der Waals surface area (Å²) in [6.45, 7) is 0.388. The lowest BCUT2D eigenvalue weighted by atomic mass is 10.2. The van der Waals surface area contributed by atoms with Crippen molar-refractivity contribution in [3.05, 3.63) is 81.2 Å². The van der Waals surface area contributed by atoms with Gasteiger partial charge in [-0.3, -0.25) is 14.5 Å². The predicted molar refractivity (Wildman–Crippen MR) is 130 cm³/mol. The van der Waals surface area contributed by atoms with Gasteiger partial charge in [-0.1, -0.05) is 89.7 Å². The van der Waals surface area contributed by atoms with Gasteiger partial charge in [-0.05, 0) is 36.3 Å². The maximum absolute atomic E-state index is 12.6. The van der Waals surface area contributed by atoms with Crippen LogP contribution in [0.4, 0.5) is 5.69 Å². The third kappa shape index (κ3) is 6.19. The van der Waals surface area contributed by atoms with Crippen LogP contribution in [0.2, 0.25) is 10.0 Å². The zero-order valence-electron chi connectivity index (χ0n) is 15.8. The zero-order chi connectivity index (χ0) is 21.5. The third-order valence-electron chi connectivity index (χ3n) is 4.20. The van der Waals surface area contributed by atoms with E-state index in [9.17, 15) is 9.59 Å². The summed E-state index contributed by atoms with van der Waals surface area (Å²) < 4.78 is 0.504. The Bertz CT molecular complexity index is 1020. The molecule has 0 atom stereocenters. The highest BCUT2D eigenvalue weighted by Gasteiger charge is 2.31. The molecule has 0 radical (unpaired) electrons. The summed E-state index contributed by atoms with van der Waals surface area (Å²) in [5, 5.41) is 3.57. The first-order valence-electron chi connectivity index (χ1n) is 9.16. The summed E-state index contributed by atoms with van der Waals surface area (Å²) in [6, 6.07) is 14.7. The highest BCUT2D eigenvalue weighted by molar-refractivity contribution is 8.26. The van der Waals surface area contributed by atoms with Crippen LogP contribution in [0.25, 0.3) is 6.08 Å². The monoisotopic (exact) mass is 476 g/mol. The minimum absolute atomic E-state index is 0.132. The van der Waals surface area contributed by atoms with E-state index in [1.807, 2.05) is 42.5 Å². The largest absolute Gasteiger partial charge is 0.326 e. The molecule has 2 amide bonds. The number of carbonyl (C=O) groups is 2. The average molecular weight is 477 g/mol. The molecule has 0 unspecified atom stereocenters. The fourth-order valence-corrected chi connectivity index (χ4v) is 4.27. The van der Waals surface area contributed by atoms with Crippen molar-refractivity contribution < 1.29 is 9.59 Å². The number of rotatable bonds is 7. The van der Waals surface area contributed by atoms with Gasteiger partial charge in [-0.15, -0.1) is 0 Å². The molecular formula is C22H18Cl2N2O2S2. The van der Waals surface area contributed by atoms with E-state index in [1.54, 1.807) is 24.3 Å². The van der Waals surface area contributed by atoms with Gasteiger partial charge < -0.3 is 5.32 Å². The van der Waals surface area contributed by atoms with E-state index in [-0.39, 0.29) is 18.2 Å². The smallest absolute Gasteiger partial charge is 0.266 e. The number of halogens is 2. The Kier molecular flexibility index (Phi) is 8.10. The number of amides is 2. The fraction of sp³-hybridized carbons (Fsp3) is 0.136. The molecule has 3 rings (SSSR count). The molecule has 154 valence electrons. The number of thioether (sulfide) groups is 1. The molecule has 4 nitrogen and oxygen atoms in total. The zero-order valence-corrected chi connectivity index (χ0v) is 19.0. The molecule has 2 aromatic rings. The first-order valence-corrected chi connectivity index (χ1v) is 11.1. The Balaban J connectivity index is 1.49. The van der Waals surface area contributed by atoms with E-state index >= 15 is 0 Å². The lowest BCUT2D eigenvalue weighted by molar-refractivity contribution is -0.122. The van der Waals surface area contributed by atoms with Gasteiger partial charge in [0, 0.05) is 18.7 Å². The maximum atomic E-state index is 12.6. The van der Waals surface area contributed by atoms with Gasteiger partial charge in [0.1, 0.15) is 4.32 Å². The molecule has 1 aliphatic heterocycles. The van der Waals surface area contributed by atoms with Crippen LogP contribution in [0.1, 0.15) is 18.4 Å². The molecular weight excluding hydrogens is 459 g/mol. The summed E-state index contributed by atoms with van der Waals surface area (Å²) in [7, 11) is 0. The average Bonchev–Trinajstić information content (AvgIpc) is 2.99. The van der Waals surface area contributed by atoms with E-state index < -0.39 is 0 Å². The van der Waals surface area contributed by atoms with Crippen LogP contribution in [0.3, 0.4) is 0 Å². The number of carbonyl (C=O) groups excluding carboxylic acids is 2. The van der Waals surface area contributed by atoms with Crippen molar-refractivity contribution in [3.8, 4) is 0 Å². The lowest BCUT2D eigenvalue weighted by Crippen LogP contribution is -2.29. The third-order valence-corrected chi connectivity index (χ3v) is 6.33. The molecule has 1 aliphatic rings.